The predicted molar refractivity (Wildman–Crippen MR) is 85.0 cm³/mol. The summed E-state index contributed by atoms with van der Waals surface area (Å²) in [6.45, 7) is 2.81. The molecule has 6 nitrogen and oxygen atoms in total. The molecular formula is C17H19N3O3. The zero-order chi connectivity index (χ0) is 16.2. The maximum atomic E-state index is 12.2. The van der Waals surface area contributed by atoms with Gasteiger partial charge in [-0.1, -0.05) is 18.2 Å². The van der Waals surface area contributed by atoms with Crippen LogP contribution in [0, 0.1) is 6.92 Å². The number of anilines is 1. The number of amides is 1. The van der Waals surface area contributed by atoms with Crippen LogP contribution in [0.4, 0.5) is 5.69 Å². The standard InChI is InChI=1S/C17H19N3O3/c1-13-10-18-19(11-13)8-7-17(22)23-12-16(21)20-9-6-14-4-2-3-5-15(14)20/h2-5,10-11H,6-9,12H2,1H3. The predicted octanol–water partition coefficient (Wildman–Crippen LogP) is 1.71. The van der Waals surface area contributed by atoms with Crippen LogP contribution in [-0.2, 0) is 27.3 Å². The highest BCUT2D eigenvalue weighted by atomic mass is 16.5. The molecule has 2 heterocycles. The number of esters is 1. The lowest BCUT2D eigenvalue weighted by Gasteiger charge is -2.17. The number of hydrogen-bond acceptors (Lipinski definition) is 4. The molecule has 1 aromatic carbocycles. The summed E-state index contributed by atoms with van der Waals surface area (Å²) in [6, 6.07) is 7.80. The van der Waals surface area contributed by atoms with Crippen LogP contribution >= 0.6 is 0 Å². The van der Waals surface area contributed by atoms with Gasteiger partial charge in [0, 0.05) is 18.4 Å². The highest BCUT2D eigenvalue weighted by molar-refractivity contribution is 5.97. The van der Waals surface area contributed by atoms with Crippen LogP contribution in [0.2, 0.25) is 0 Å². The van der Waals surface area contributed by atoms with Crippen molar-refractivity contribution in [3.8, 4) is 0 Å². The number of fused-ring (bicyclic) bond motifs is 1. The third-order valence-corrected chi connectivity index (χ3v) is 3.85. The Labute approximate surface area is 134 Å². The molecular weight excluding hydrogens is 294 g/mol. The number of aryl methyl sites for hydroxylation is 2. The van der Waals surface area contributed by atoms with E-state index in [0.29, 0.717) is 13.1 Å². The van der Waals surface area contributed by atoms with E-state index in [1.807, 2.05) is 37.4 Å². The smallest absolute Gasteiger partial charge is 0.308 e. The number of carbonyl (C=O) groups is 2. The highest BCUT2D eigenvalue weighted by Crippen LogP contribution is 2.27. The Balaban J connectivity index is 1.47. The Bertz CT molecular complexity index is 723. The monoisotopic (exact) mass is 313 g/mol. The van der Waals surface area contributed by atoms with Crippen LogP contribution in [0.25, 0.3) is 0 Å². The quantitative estimate of drug-likeness (QED) is 0.788. The largest absolute Gasteiger partial charge is 0.455 e. The second-order valence-electron chi connectivity index (χ2n) is 5.62. The van der Waals surface area contributed by atoms with Crippen molar-refractivity contribution in [3.63, 3.8) is 0 Å². The lowest BCUT2D eigenvalue weighted by atomic mass is 10.2. The molecule has 1 aliphatic rings. The molecule has 0 fully saturated rings. The van der Waals surface area contributed by atoms with E-state index < -0.39 is 0 Å². The van der Waals surface area contributed by atoms with E-state index in [1.165, 1.54) is 0 Å². The zero-order valence-corrected chi connectivity index (χ0v) is 13.1. The first-order valence-corrected chi connectivity index (χ1v) is 7.66. The van der Waals surface area contributed by atoms with Gasteiger partial charge in [0.15, 0.2) is 6.61 Å². The highest BCUT2D eigenvalue weighted by Gasteiger charge is 2.24. The summed E-state index contributed by atoms with van der Waals surface area (Å²) in [4.78, 5) is 25.7. The van der Waals surface area contributed by atoms with Gasteiger partial charge < -0.3 is 9.64 Å². The van der Waals surface area contributed by atoms with Crippen molar-refractivity contribution in [1.82, 2.24) is 9.78 Å². The summed E-state index contributed by atoms with van der Waals surface area (Å²) in [5.41, 5.74) is 3.11. The molecule has 23 heavy (non-hydrogen) atoms. The number of rotatable bonds is 5. The van der Waals surface area contributed by atoms with Crippen molar-refractivity contribution in [2.24, 2.45) is 0 Å². The van der Waals surface area contributed by atoms with Crippen LogP contribution in [-0.4, -0.2) is 34.8 Å². The van der Waals surface area contributed by atoms with Crippen molar-refractivity contribution in [2.75, 3.05) is 18.1 Å². The molecule has 2 aromatic rings. The second-order valence-corrected chi connectivity index (χ2v) is 5.62. The maximum Gasteiger partial charge on any atom is 0.308 e. The van der Waals surface area contributed by atoms with Crippen LogP contribution < -0.4 is 4.90 Å². The molecule has 1 aliphatic heterocycles. The normalized spacial score (nSPS) is 13.0. The summed E-state index contributed by atoms with van der Waals surface area (Å²) >= 11 is 0. The molecule has 6 heteroatoms. The first kappa shape index (κ1) is 15.3. The number of hydrogen-bond donors (Lipinski definition) is 0. The van der Waals surface area contributed by atoms with E-state index in [9.17, 15) is 9.59 Å². The molecule has 120 valence electrons. The van der Waals surface area contributed by atoms with E-state index >= 15 is 0 Å². The van der Waals surface area contributed by atoms with Gasteiger partial charge in [-0.15, -0.1) is 0 Å². The van der Waals surface area contributed by atoms with Crippen LogP contribution in [0.15, 0.2) is 36.7 Å². The number of aromatic nitrogens is 2. The number of nitrogens with zero attached hydrogens (tertiary/aromatic N) is 3. The van der Waals surface area contributed by atoms with Gasteiger partial charge in [-0.25, -0.2) is 0 Å². The van der Waals surface area contributed by atoms with Crippen molar-refractivity contribution in [1.29, 1.82) is 0 Å². The third-order valence-electron chi connectivity index (χ3n) is 3.85. The van der Waals surface area contributed by atoms with E-state index in [1.54, 1.807) is 15.8 Å². The van der Waals surface area contributed by atoms with Gasteiger partial charge in [0.05, 0.1) is 19.2 Å². The first-order chi connectivity index (χ1) is 11.1. The van der Waals surface area contributed by atoms with Crippen LogP contribution in [0.1, 0.15) is 17.5 Å². The Morgan fingerprint density at radius 2 is 2.13 bits per heavy atom. The van der Waals surface area contributed by atoms with Gasteiger partial charge in [0.25, 0.3) is 5.91 Å². The molecule has 0 bridgehead atoms. The summed E-state index contributed by atoms with van der Waals surface area (Å²) in [7, 11) is 0. The molecule has 0 atom stereocenters. The average molecular weight is 313 g/mol. The molecule has 0 spiro atoms. The van der Waals surface area contributed by atoms with Crippen molar-refractivity contribution < 1.29 is 14.3 Å². The fraction of sp³-hybridized carbons (Fsp3) is 0.353. The Morgan fingerprint density at radius 3 is 2.91 bits per heavy atom. The van der Waals surface area contributed by atoms with Crippen LogP contribution in [0.5, 0.6) is 0 Å². The maximum absolute atomic E-state index is 12.2. The Morgan fingerprint density at radius 1 is 1.30 bits per heavy atom. The van der Waals surface area contributed by atoms with E-state index in [4.69, 9.17) is 4.74 Å². The molecule has 3 rings (SSSR count). The summed E-state index contributed by atoms with van der Waals surface area (Å²) in [5.74, 6) is -0.572. The van der Waals surface area contributed by atoms with Crippen molar-refractivity contribution in [2.45, 2.75) is 26.3 Å². The topological polar surface area (TPSA) is 64.4 Å². The number of ether oxygens (including phenoxy) is 1. The minimum absolute atomic E-state index is 0.182. The lowest BCUT2D eigenvalue weighted by molar-refractivity contribution is -0.148. The molecule has 1 amide bonds. The fourth-order valence-electron chi connectivity index (χ4n) is 2.68. The third kappa shape index (κ3) is 3.59. The average Bonchev–Trinajstić information content (AvgIpc) is 3.16. The minimum atomic E-state index is -0.390. The molecule has 0 radical (unpaired) electrons. The van der Waals surface area contributed by atoms with Crippen molar-refractivity contribution >= 4 is 17.6 Å². The first-order valence-electron chi connectivity index (χ1n) is 7.66. The molecule has 0 unspecified atom stereocenters. The van der Waals surface area contributed by atoms with Crippen molar-refractivity contribution in [3.05, 3.63) is 47.8 Å². The second kappa shape index (κ2) is 6.64. The Kier molecular flexibility index (Phi) is 4.41. The zero-order valence-electron chi connectivity index (χ0n) is 13.1. The fourth-order valence-corrected chi connectivity index (χ4v) is 2.68. The van der Waals surface area contributed by atoms with Gasteiger partial charge in [-0.3, -0.25) is 14.3 Å². The summed E-state index contributed by atoms with van der Waals surface area (Å²) in [5, 5.41) is 4.10. The summed E-state index contributed by atoms with van der Waals surface area (Å²) in [6.07, 6.45) is 4.64. The van der Waals surface area contributed by atoms with Gasteiger partial charge in [0.2, 0.25) is 0 Å². The van der Waals surface area contributed by atoms with Gasteiger partial charge in [-0.05, 0) is 30.5 Å². The number of benzene rings is 1. The number of carbonyl (C=O) groups excluding carboxylic acids is 2. The van der Waals surface area contributed by atoms with E-state index in [-0.39, 0.29) is 24.9 Å². The molecule has 0 saturated heterocycles. The van der Waals surface area contributed by atoms with Crippen LogP contribution in [0.3, 0.4) is 0 Å². The summed E-state index contributed by atoms with van der Waals surface area (Å²) < 4.78 is 6.78. The lowest BCUT2D eigenvalue weighted by Crippen LogP contribution is -2.33. The van der Waals surface area contributed by atoms with E-state index in [0.717, 1.165) is 23.2 Å². The SMILES string of the molecule is Cc1cnn(CCC(=O)OCC(=O)N2CCc3ccccc32)c1. The molecule has 0 saturated carbocycles. The van der Waals surface area contributed by atoms with E-state index in [2.05, 4.69) is 5.10 Å². The van der Waals surface area contributed by atoms with Gasteiger partial charge >= 0.3 is 5.97 Å². The van der Waals surface area contributed by atoms with Gasteiger partial charge in [0.1, 0.15) is 0 Å². The minimum Gasteiger partial charge on any atom is -0.455 e. The molecule has 0 aliphatic carbocycles. The molecule has 0 N–H and O–H groups in total. The van der Waals surface area contributed by atoms with Gasteiger partial charge in [-0.2, -0.15) is 5.10 Å². The number of para-hydroxylation sites is 1. The Hall–Kier alpha value is -2.63. The molecule has 1 aromatic heterocycles.